The fourth-order valence-corrected chi connectivity index (χ4v) is 4.21. The molecule has 2 rings (SSSR count). The van der Waals surface area contributed by atoms with Crippen LogP contribution in [0.4, 0.5) is 0 Å². The van der Waals surface area contributed by atoms with Crippen molar-refractivity contribution < 1.29 is 43.7 Å². The van der Waals surface area contributed by atoms with Crippen molar-refractivity contribution in [1.82, 2.24) is 20.4 Å². The largest absolute Gasteiger partial charge is 0.394 e. The SMILES string of the molecule is CC(C)C=O.CCC(=O)N1[C@@H](C)OC[C@H]1C(C)C.CCC(=O)N1[C@H](CC)CO[C@@H]1C.CCC(=O)N[C@@H](C)CO.CCC(=O)N[C@@H](C)CO. The van der Waals surface area contributed by atoms with E-state index in [9.17, 15) is 24.0 Å². The van der Waals surface area contributed by atoms with Gasteiger partial charge in [-0.3, -0.25) is 19.2 Å². The molecule has 4 amide bonds. The molecule has 13 heteroatoms. The maximum absolute atomic E-state index is 11.6. The first kappa shape index (κ1) is 49.8. The number of hydrogen-bond donors (Lipinski definition) is 4. The van der Waals surface area contributed by atoms with Crippen LogP contribution in [-0.4, -0.2) is 113 Å². The molecule has 13 nitrogen and oxygen atoms in total. The van der Waals surface area contributed by atoms with Crippen molar-refractivity contribution in [2.75, 3.05) is 26.4 Å². The van der Waals surface area contributed by atoms with Crippen LogP contribution >= 0.6 is 0 Å². The van der Waals surface area contributed by atoms with Crippen LogP contribution in [0.1, 0.15) is 122 Å². The van der Waals surface area contributed by atoms with Gasteiger partial charge in [-0.15, -0.1) is 0 Å². The Labute approximate surface area is 290 Å². The van der Waals surface area contributed by atoms with Crippen molar-refractivity contribution in [2.24, 2.45) is 11.8 Å². The van der Waals surface area contributed by atoms with Gasteiger partial charge in [-0.1, -0.05) is 62.3 Å². The molecular weight excluding hydrogens is 620 g/mol. The first-order valence-corrected chi connectivity index (χ1v) is 17.6. The minimum Gasteiger partial charge on any atom is -0.394 e. The Morgan fingerprint density at radius 2 is 1.08 bits per heavy atom. The summed E-state index contributed by atoms with van der Waals surface area (Å²) < 4.78 is 10.9. The van der Waals surface area contributed by atoms with Crippen molar-refractivity contribution in [3.8, 4) is 0 Å². The Kier molecular flexibility index (Phi) is 30.4. The molecule has 6 atom stereocenters. The average Bonchev–Trinajstić information content (AvgIpc) is 3.66. The van der Waals surface area contributed by atoms with Gasteiger partial charge < -0.3 is 44.9 Å². The minimum atomic E-state index is -0.113. The predicted octanol–water partition coefficient (Wildman–Crippen LogP) is 3.63. The smallest absolute Gasteiger partial charge is 0.224 e. The monoisotopic (exact) mass is 691 g/mol. The van der Waals surface area contributed by atoms with Crippen LogP contribution in [0, 0.1) is 11.8 Å². The third-order valence-corrected chi connectivity index (χ3v) is 7.27. The molecule has 48 heavy (non-hydrogen) atoms. The molecule has 2 fully saturated rings. The summed E-state index contributed by atoms with van der Waals surface area (Å²) in [4.78, 5) is 57.4. The number of nitrogens with zero attached hydrogens (tertiary/aromatic N) is 2. The molecule has 284 valence electrons. The maximum atomic E-state index is 11.6. The molecular formula is C35H70N4O9. The molecule has 0 aromatic rings. The maximum Gasteiger partial charge on any atom is 0.224 e. The Balaban J connectivity index is -0.000000544. The van der Waals surface area contributed by atoms with Gasteiger partial charge in [-0.25, -0.2) is 0 Å². The van der Waals surface area contributed by atoms with E-state index in [1.807, 2.05) is 51.3 Å². The molecule has 2 aliphatic heterocycles. The molecule has 2 aliphatic rings. The number of hydrogen-bond acceptors (Lipinski definition) is 9. The number of aliphatic hydroxyl groups excluding tert-OH is 2. The highest BCUT2D eigenvalue weighted by Gasteiger charge is 2.36. The summed E-state index contributed by atoms with van der Waals surface area (Å²) in [6.45, 7) is 26.2. The molecule has 0 radical (unpaired) electrons. The highest BCUT2D eigenvalue weighted by atomic mass is 16.5. The van der Waals surface area contributed by atoms with Gasteiger partial charge in [0, 0.05) is 43.7 Å². The topological polar surface area (TPSA) is 175 Å². The lowest BCUT2D eigenvalue weighted by atomic mass is 10.0. The van der Waals surface area contributed by atoms with E-state index in [4.69, 9.17) is 19.7 Å². The first-order chi connectivity index (χ1) is 22.5. The summed E-state index contributed by atoms with van der Waals surface area (Å²) in [6, 6.07) is 0.338. The third-order valence-electron chi connectivity index (χ3n) is 7.27. The standard InChI is InChI=1S/C10H19NO2.C9H17NO2.2C6H13NO2.C4H8O/c1-5-10(12)11-8(4)13-6-9(11)7(2)3;1-4-8-6-12-7(3)10(8)9(11)5-2;2*1-3-6(9)7-5(2)4-8;1-4(2)3-5/h7-9H,5-6H2,1-4H3;7-8H,4-6H2,1-3H3;2*5,8H,3-4H2,1-2H3,(H,7,9);3-4H,1-2H3/t8-,9+;7-,8-;2*5-;/m1100./s1. The lowest BCUT2D eigenvalue weighted by molar-refractivity contribution is -0.137. The van der Waals surface area contributed by atoms with E-state index < -0.39 is 0 Å². The third kappa shape index (κ3) is 22.1. The number of rotatable bonds is 11. The second-order valence-corrected chi connectivity index (χ2v) is 12.4. The summed E-state index contributed by atoms with van der Waals surface area (Å²) in [5, 5.41) is 22.1. The Morgan fingerprint density at radius 1 is 0.708 bits per heavy atom. The zero-order valence-electron chi connectivity index (χ0n) is 32.2. The lowest BCUT2D eigenvalue weighted by Gasteiger charge is -2.28. The van der Waals surface area contributed by atoms with Crippen molar-refractivity contribution in [3.63, 3.8) is 0 Å². The number of amides is 4. The van der Waals surface area contributed by atoms with Crippen LogP contribution in [0.25, 0.3) is 0 Å². The van der Waals surface area contributed by atoms with E-state index in [0.29, 0.717) is 50.9 Å². The van der Waals surface area contributed by atoms with Gasteiger partial charge >= 0.3 is 0 Å². The number of aliphatic hydroxyl groups is 2. The molecule has 0 unspecified atom stereocenters. The van der Waals surface area contributed by atoms with Crippen LogP contribution in [0.15, 0.2) is 0 Å². The zero-order valence-corrected chi connectivity index (χ0v) is 32.2. The lowest BCUT2D eigenvalue weighted by Crippen LogP contribution is -2.42. The predicted molar refractivity (Wildman–Crippen MR) is 189 cm³/mol. The Hall–Kier alpha value is -2.61. The summed E-state index contributed by atoms with van der Waals surface area (Å²) >= 11 is 0. The molecule has 0 bridgehead atoms. The van der Waals surface area contributed by atoms with Gasteiger partial charge in [-0.2, -0.15) is 0 Å². The number of carbonyl (C=O) groups excluding carboxylic acids is 5. The summed E-state index contributed by atoms with van der Waals surface area (Å²) in [5.74, 6) is 1.04. The van der Waals surface area contributed by atoms with Crippen LogP contribution in [0.3, 0.4) is 0 Å². The number of carbonyl (C=O) groups is 5. The molecule has 0 aromatic heterocycles. The van der Waals surface area contributed by atoms with Crippen molar-refractivity contribution >= 4 is 29.9 Å². The second kappa shape index (κ2) is 29.3. The van der Waals surface area contributed by atoms with Gasteiger partial charge in [0.2, 0.25) is 23.6 Å². The van der Waals surface area contributed by atoms with E-state index in [0.717, 1.165) is 12.7 Å². The summed E-state index contributed by atoms with van der Waals surface area (Å²) in [7, 11) is 0. The van der Waals surface area contributed by atoms with Gasteiger partial charge in [0.1, 0.15) is 18.7 Å². The van der Waals surface area contributed by atoms with E-state index in [-0.39, 0.29) is 73.3 Å². The molecule has 0 aliphatic carbocycles. The second-order valence-electron chi connectivity index (χ2n) is 12.4. The minimum absolute atomic E-state index is 0.00569. The highest BCUT2D eigenvalue weighted by Crippen LogP contribution is 2.23. The summed E-state index contributed by atoms with van der Waals surface area (Å²) in [5.41, 5.74) is 0. The molecule has 0 aromatic carbocycles. The normalized spacial score (nSPS) is 20.8. The fourth-order valence-electron chi connectivity index (χ4n) is 4.21. The Bertz CT molecular complexity index is 864. The first-order valence-electron chi connectivity index (χ1n) is 17.6. The molecule has 2 saturated heterocycles. The molecule has 4 N–H and O–H groups in total. The number of ether oxygens (including phenoxy) is 2. The van der Waals surface area contributed by atoms with Crippen molar-refractivity contribution in [3.05, 3.63) is 0 Å². The van der Waals surface area contributed by atoms with Crippen LogP contribution < -0.4 is 10.6 Å². The number of nitrogens with one attached hydrogen (secondary N) is 2. The Morgan fingerprint density at radius 3 is 1.40 bits per heavy atom. The van der Waals surface area contributed by atoms with Gasteiger partial charge in [0.05, 0.1) is 38.5 Å². The average molecular weight is 691 g/mol. The van der Waals surface area contributed by atoms with Gasteiger partial charge in [-0.05, 0) is 40.0 Å². The zero-order chi connectivity index (χ0) is 38.0. The van der Waals surface area contributed by atoms with Crippen LogP contribution in [0.5, 0.6) is 0 Å². The van der Waals surface area contributed by atoms with E-state index in [2.05, 4.69) is 31.4 Å². The number of aldehydes is 1. The van der Waals surface area contributed by atoms with E-state index >= 15 is 0 Å². The molecule has 2 heterocycles. The highest BCUT2D eigenvalue weighted by molar-refractivity contribution is 5.77. The fraction of sp³-hybridized carbons (Fsp3) is 0.857. The van der Waals surface area contributed by atoms with Crippen molar-refractivity contribution in [1.29, 1.82) is 0 Å². The van der Waals surface area contributed by atoms with Crippen LogP contribution in [-0.2, 0) is 33.4 Å². The van der Waals surface area contributed by atoms with E-state index in [1.54, 1.807) is 27.7 Å². The molecule has 0 saturated carbocycles. The van der Waals surface area contributed by atoms with E-state index in [1.165, 1.54) is 0 Å². The van der Waals surface area contributed by atoms with Crippen molar-refractivity contribution in [2.45, 2.75) is 159 Å². The quantitative estimate of drug-likeness (QED) is 0.236. The van der Waals surface area contributed by atoms with Gasteiger partial charge in [0.25, 0.3) is 0 Å². The van der Waals surface area contributed by atoms with Crippen LogP contribution in [0.2, 0.25) is 0 Å². The summed E-state index contributed by atoms with van der Waals surface area (Å²) in [6.07, 6.45) is 3.92. The van der Waals surface area contributed by atoms with Gasteiger partial charge in [0.15, 0.2) is 0 Å². The molecule has 0 spiro atoms.